The summed E-state index contributed by atoms with van der Waals surface area (Å²) in [5.74, 6) is 1.99. The molecular weight excluding hydrogens is 158 g/mol. The largest absolute Gasteiger partial charge is 0.314 e. The van der Waals surface area contributed by atoms with Gasteiger partial charge in [-0.15, -0.1) is 0 Å². The number of hydrogen-bond acceptors (Lipinski definition) is 1. The molecule has 1 saturated carbocycles. The number of nitrogens with one attached hydrogen (secondary N) is 1. The molecule has 1 nitrogen and oxygen atoms in total. The predicted molar refractivity (Wildman–Crippen MR) is 58.9 cm³/mol. The van der Waals surface area contributed by atoms with Crippen molar-refractivity contribution in [2.75, 3.05) is 6.54 Å². The first kappa shape index (κ1) is 11.0. The Bertz CT molecular complexity index is 133. The van der Waals surface area contributed by atoms with Crippen LogP contribution in [-0.4, -0.2) is 12.6 Å². The van der Waals surface area contributed by atoms with E-state index in [1.807, 2.05) is 0 Å². The molecule has 1 aliphatic rings. The second kappa shape index (κ2) is 5.64. The summed E-state index contributed by atoms with van der Waals surface area (Å²) >= 11 is 0. The van der Waals surface area contributed by atoms with Crippen molar-refractivity contribution < 1.29 is 0 Å². The lowest BCUT2D eigenvalue weighted by molar-refractivity contribution is 0.343. The van der Waals surface area contributed by atoms with Gasteiger partial charge in [0.15, 0.2) is 0 Å². The first-order chi connectivity index (χ1) is 6.31. The Kier molecular flexibility index (Phi) is 4.79. The highest BCUT2D eigenvalue weighted by Gasteiger charge is 2.28. The molecule has 0 aromatic heterocycles. The molecule has 0 heterocycles. The molecule has 0 amide bonds. The first-order valence-electron chi connectivity index (χ1n) is 6.05. The topological polar surface area (TPSA) is 12.0 Å². The van der Waals surface area contributed by atoms with Gasteiger partial charge in [0.25, 0.3) is 0 Å². The Labute approximate surface area is 83.3 Å². The Morgan fingerprint density at radius 3 is 2.46 bits per heavy atom. The fourth-order valence-corrected chi connectivity index (χ4v) is 2.76. The fourth-order valence-electron chi connectivity index (χ4n) is 2.76. The SMILES string of the molecule is CCNC(CC)C1CCC(CC)C1. The second-order valence-electron chi connectivity index (χ2n) is 4.42. The predicted octanol–water partition coefficient (Wildman–Crippen LogP) is 3.20. The molecular formula is C12H25N. The Morgan fingerprint density at radius 2 is 2.00 bits per heavy atom. The molecule has 1 rings (SSSR count). The summed E-state index contributed by atoms with van der Waals surface area (Å²) in [6.07, 6.45) is 7.10. The van der Waals surface area contributed by atoms with Crippen molar-refractivity contribution in [3.63, 3.8) is 0 Å². The van der Waals surface area contributed by atoms with Crippen LogP contribution >= 0.6 is 0 Å². The zero-order chi connectivity index (χ0) is 9.68. The first-order valence-corrected chi connectivity index (χ1v) is 6.05. The van der Waals surface area contributed by atoms with Crippen LogP contribution in [0.25, 0.3) is 0 Å². The third kappa shape index (κ3) is 2.98. The van der Waals surface area contributed by atoms with E-state index in [0.29, 0.717) is 0 Å². The summed E-state index contributed by atoms with van der Waals surface area (Å²) in [4.78, 5) is 0. The van der Waals surface area contributed by atoms with E-state index in [1.54, 1.807) is 0 Å². The van der Waals surface area contributed by atoms with Gasteiger partial charge in [-0.1, -0.05) is 33.6 Å². The van der Waals surface area contributed by atoms with Gasteiger partial charge in [-0.3, -0.25) is 0 Å². The van der Waals surface area contributed by atoms with Gasteiger partial charge in [0.2, 0.25) is 0 Å². The minimum atomic E-state index is 0.793. The van der Waals surface area contributed by atoms with Crippen LogP contribution in [0.15, 0.2) is 0 Å². The molecule has 3 atom stereocenters. The van der Waals surface area contributed by atoms with Crippen LogP contribution in [0.1, 0.15) is 52.9 Å². The molecule has 1 fully saturated rings. The zero-order valence-electron chi connectivity index (χ0n) is 9.47. The lowest BCUT2D eigenvalue weighted by Gasteiger charge is -2.23. The van der Waals surface area contributed by atoms with Crippen LogP contribution in [0.5, 0.6) is 0 Å². The van der Waals surface area contributed by atoms with Crippen LogP contribution in [-0.2, 0) is 0 Å². The maximum Gasteiger partial charge on any atom is 0.00926 e. The number of rotatable bonds is 5. The third-order valence-electron chi connectivity index (χ3n) is 3.63. The van der Waals surface area contributed by atoms with Gasteiger partial charge in [0.1, 0.15) is 0 Å². The smallest absolute Gasteiger partial charge is 0.00926 e. The highest BCUT2D eigenvalue weighted by molar-refractivity contribution is 4.83. The van der Waals surface area contributed by atoms with E-state index >= 15 is 0 Å². The molecule has 1 heteroatoms. The maximum absolute atomic E-state index is 3.62. The van der Waals surface area contributed by atoms with Crippen molar-refractivity contribution >= 4 is 0 Å². The standard InChI is InChI=1S/C12H25N/c1-4-10-7-8-11(9-10)12(5-2)13-6-3/h10-13H,4-9H2,1-3H3. The van der Waals surface area contributed by atoms with Crippen LogP contribution in [0.4, 0.5) is 0 Å². The molecule has 0 radical (unpaired) electrons. The Hall–Kier alpha value is -0.0400. The molecule has 0 aromatic carbocycles. The van der Waals surface area contributed by atoms with Crippen LogP contribution < -0.4 is 5.32 Å². The van der Waals surface area contributed by atoms with E-state index in [2.05, 4.69) is 26.1 Å². The molecule has 13 heavy (non-hydrogen) atoms. The normalized spacial score (nSPS) is 30.7. The Balaban J connectivity index is 2.33. The highest BCUT2D eigenvalue weighted by Crippen LogP contribution is 2.35. The summed E-state index contributed by atoms with van der Waals surface area (Å²) in [7, 11) is 0. The van der Waals surface area contributed by atoms with E-state index < -0.39 is 0 Å². The maximum atomic E-state index is 3.62. The van der Waals surface area contributed by atoms with Crippen LogP contribution in [0.3, 0.4) is 0 Å². The van der Waals surface area contributed by atoms with Crippen molar-refractivity contribution in [2.24, 2.45) is 11.8 Å². The molecule has 0 saturated heterocycles. The van der Waals surface area contributed by atoms with E-state index in [4.69, 9.17) is 0 Å². The monoisotopic (exact) mass is 183 g/mol. The minimum absolute atomic E-state index is 0.793. The average molecular weight is 183 g/mol. The minimum Gasteiger partial charge on any atom is -0.314 e. The van der Waals surface area contributed by atoms with Crippen LogP contribution in [0.2, 0.25) is 0 Å². The van der Waals surface area contributed by atoms with Gasteiger partial charge >= 0.3 is 0 Å². The van der Waals surface area contributed by atoms with Gasteiger partial charge in [-0.05, 0) is 37.6 Å². The van der Waals surface area contributed by atoms with Gasteiger partial charge in [0, 0.05) is 6.04 Å². The van der Waals surface area contributed by atoms with Gasteiger partial charge in [0.05, 0.1) is 0 Å². The van der Waals surface area contributed by atoms with Crippen molar-refractivity contribution in [3.8, 4) is 0 Å². The number of hydrogen-bond donors (Lipinski definition) is 1. The van der Waals surface area contributed by atoms with Crippen molar-refractivity contribution in [2.45, 2.75) is 58.9 Å². The lowest BCUT2D eigenvalue weighted by Crippen LogP contribution is -2.34. The fraction of sp³-hybridized carbons (Fsp3) is 1.00. The van der Waals surface area contributed by atoms with Crippen molar-refractivity contribution in [3.05, 3.63) is 0 Å². The summed E-state index contributed by atoms with van der Waals surface area (Å²) in [5, 5.41) is 3.62. The van der Waals surface area contributed by atoms with Gasteiger partial charge < -0.3 is 5.32 Å². The van der Waals surface area contributed by atoms with Gasteiger partial charge in [-0.25, -0.2) is 0 Å². The third-order valence-corrected chi connectivity index (χ3v) is 3.63. The lowest BCUT2D eigenvalue weighted by atomic mass is 9.94. The molecule has 0 bridgehead atoms. The molecule has 1 N–H and O–H groups in total. The summed E-state index contributed by atoms with van der Waals surface area (Å²) in [6.45, 7) is 7.99. The molecule has 0 spiro atoms. The van der Waals surface area contributed by atoms with Crippen molar-refractivity contribution in [1.82, 2.24) is 5.32 Å². The summed E-state index contributed by atoms with van der Waals surface area (Å²) in [6, 6.07) is 0.793. The molecule has 3 unspecified atom stereocenters. The van der Waals surface area contributed by atoms with E-state index in [0.717, 1.165) is 24.4 Å². The molecule has 0 aliphatic heterocycles. The van der Waals surface area contributed by atoms with Crippen molar-refractivity contribution in [1.29, 1.82) is 0 Å². The van der Waals surface area contributed by atoms with E-state index in [1.165, 1.54) is 32.1 Å². The Morgan fingerprint density at radius 1 is 1.23 bits per heavy atom. The van der Waals surface area contributed by atoms with Crippen LogP contribution in [0, 0.1) is 11.8 Å². The van der Waals surface area contributed by atoms with E-state index in [9.17, 15) is 0 Å². The quantitative estimate of drug-likeness (QED) is 0.690. The molecule has 0 aromatic rings. The van der Waals surface area contributed by atoms with Gasteiger partial charge in [-0.2, -0.15) is 0 Å². The molecule has 78 valence electrons. The summed E-state index contributed by atoms with van der Waals surface area (Å²) in [5.41, 5.74) is 0. The summed E-state index contributed by atoms with van der Waals surface area (Å²) < 4.78 is 0. The second-order valence-corrected chi connectivity index (χ2v) is 4.42. The van der Waals surface area contributed by atoms with E-state index in [-0.39, 0.29) is 0 Å². The molecule has 1 aliphatic carbocycles. The highest BCUT2D eigenvalue weighted by atomic mass is 14.9. The average Bonchev–Trinajstić information content (AvgIpc) is 2.62. The zero-order valence-corrected chi connectivity index (χ0v) is 9.47.